The van der Waals surface area contributed by atoms with Crippen molar-refractivity contribution in [3.05, 3.63) is 64.9 Å². The van der Waals surface area contributed by atoms with E-state index in [4.69, 9.17) is 0 Å². The summed E-state index contributed by atoms with van der Waals surface area (Å²) in [6.45, 7) is 10.3. The van der Waals surface area contributed by atoms with Gasteiger partial charge in [-0.25, -0.2) is 31.9 Å². The molecule has 1 aliphatic carbocycles. The van der Waals surface area contributed by atoms with Gasteiger partial charge in [-0.15, -0.1) is 0 Å². The fraction of sp³-hybridized carbons (Fsp3) is 0.583. The highest BCUT2D eigenvalue weighted by atomic mass is 19.3. The molecular formula is C36H45F5N6. The number of nitrogens with zero attached hydrogens (tertiary/aromatic N) is 5. The molecule has 1 aromatic heterocycles. The Balaban J connectivity index is 0.00000213. The highest BCUT2D eigenvalue weighted by molar-refractivity contribution is 5.84. The van der Waals surface area contributed by atoms with E-state index < -0.39 is 47.1 Å². The van der Waals surface area contributed by atoms with Gasteiger partial charge in [0.15, 0.2) is 0 Å². The summed E-state index contributed by atoms with van der Waals surface area (Å²) in [6.07, 6.45) is 6.81. The van der Waals surface area contributed by atoms with E-state index in [0.29, 0.717) is 61.5 Å². The Labute approximate surface area is 274 Å². The zero-order valence-corrected chi connectivity index (χ0v) is 27.6. The number of hydrogen-bond donors (Lipinski definition) is 1. The van der Waals surface area contributed by atoms with E-state index in [0.717, 1.165) is 18.1 Å². The molecule has 5 heterocycles. The Hall–Kier alpha value is -3.52. The molecule has 254 valence electrons. The summed E-state index contributed by atoms with van der Waals surface area (Å²) in [6, 6.07) is 5.73. The van der Waals surface area contributed by atoms with Crippen molar-refractivity contribution >= 4 is 17.7 Å². The van der Waals surface area contributed by atoms with Crippen LogP contribution in [0.4, 0.5) is 33.6 Å². The van der Waals surface area contributed by atoms with Gasteiger partial charge in [0.2, 0.25) is 0 Å². The second-order valence-electron chi connectivity index (χ2n) is 13.1. The van der Waals surface area contributed by atoms with Crippen LogP contribution in [0.15, 0.2) is 42.4 Å². The van der Waals surface area contributed by atoms with E-state index in [1.54, 1.807) is 11.8 Å². The largest absolute Gasteiger partial charge is 0.363 e. The first-order valence-corrected chi connectivity index (χ1v) is 16.9. The van der Waals surface area contributed by atoms with Crippen molar-refractivity contribution in [3.63, 3.8) is 0 Å². The molecule has 0 unspecified atom stereocenters. The number of aromatic nitrogens is 2. The van der Waals surface area contributed by atoms with E-state index in [-0.39, 0.29) is 37.9 Å². The Kier molecular flexibility index (Phi) is 10.3. The number of nitrogens with one attached hydrogen (secondary N) is 1. The molecule has 2 fully saturated rings. The standard InChI is InChI=1S/C34H39F5N6.C2H6/c1-22-25-8-7-9-27(29(25)35)34(38,39)24-10-16-44(17-11-24)20-33(36,37)12-5-3-4-6-15-45-23(2)28(32(19-40)13-14-32)18-26-30(43-22)41-21-42-31(26)45;1-2/h7-9,18,21-22,24H,2-6,10-17,20H2,1H3,(H,41,42,43);1-2H3/t22-;/m1./s1. The number of anilines is 2. The maximum absolute atomic E-state index is 16.0. The third-order valence-electron chi connectivity index (χ3n) is 9.96. The quantitative estimate of drug-likeness (QED) is 0.309. The average Bonchev–Trinajstić information content (AvgIpc) is 3.85. The monoisotopic (exact) mass is 656 g/mol. The van der Waals surface area contributed by atoms with Gasteiger partial charge >= 0.3 is 0 Å². The Morgan fingerprint density at radius 1 is 0.979 bits per heavy atom. The second-order valence-corrected chi connectivity index (χ2v) is 13.1. The van der Waals surface area contributed by atoms with Gasteiger partial charge in [0.25, 0.3) is 11.8 Å². The lowest BCUT2D eigenvalue weighted by Gasteiger charge is -2.37. The van der Waals surface area contributed by atoms with Gasteiger partial charge in [-0.2, -0.15) is 5.26 Å². The van der Waals surface area contributed by atoms with E-state index >= 15 is 13.2 Å². The van der Waals surface area contributed by atoms with Crippen LogP contribution in [0, 0.1) is 28.5 Å². The number of alkyl halides is 4. The molecule has 0 amide bonds. The molecule has 1 aromatic carbocycles. The van der Waals surface area contributed by atoms with Crippen LogP contribution >= 0.6 is 0 Å². The summed E-state index contributed by atoms with van der Waals surface area (Å²) in [5.41, 5.74) is 0.780. The number of nitriles is 1. The first kappa shape index (κ1) is 34.8. The van der Waals surface area contributed by atoms with E-state index in [1.165, 1.54) is 18.5 Å². The maximum atomic E-state index is 16.0. The Morgan fingerprint density at radius 3 is 2.36 bits per heavy atom. The van der Waals surface area contributed by atoms with Crippen LogP contribution < -0.4 is 10.2 Å². The molecule has 4 aliphatic heterocycles. The number of rotatable bonds is 1. The molecule has 8 bridgehead atoms. The molecule has 6 nitrogen and oxygen atoms in total. The minimum absolute atomic E-state index is 0.00821. The zero-order valence-electron chi connectivity index (χ0n) is 27.6. The van der Waals surface area contributed by atoms with Crippen molar-refractivity contribution in [3.8, 4) is 6.07 Å². The van der Waals surface area contributed by atoms with Crippen LogP contribution in [-0.2, 0) is 5.92 Å². The van der Waals surface area contributed by atoms with Crippen molar-refractivity contribution < 1.29 is 22.0 Å². The number of hydrogen-bond acceptors (Lipinski definition) is 6. The summed E-state index contributed by atoms with van der Waals surface area (Å²) in [7, 11) is 0. The van der Waals surface area contributed by atoms with Gasteiger partial charge < -0.3 is 10.2 Å². The SMILES string of the molecule is C=C1C(C2(C#N)CC2)=Cc2c3ncnc2N1CCCCCCC(F)(F)CN1CCC(CC1)C(F)(F)c1cccc(c1F)[C@@H](C)N3.CC. The summed E-state index contributed by atoms with van der Waals surface area (Å²) in [5, 5.41) is 13.3. The summed E-state index contributed by atoms with van der Waals surface area (Å²) < 4.78 is 77.4. The normalized spacial score (nSPS) is 26.6. The first-order chi connectivity index (χ1) is 22.5. The molecule has 1 atom stereocenters. The zero-order chi connectivity index (χ0) is 34.0. The number of halogens is 5. The molecule has 2 aromatic rings. The fourth-order valence-electron chi connectivity index (χ4n) is 7.08. The lowest BCUT2D eigenvalue weighted by atomic mass is 9.85. The smallest absolute Gasteiger partial charge is 0.278 e. The molecular weight excluding hydrogens is 611 g/mol. The highest BCUT2D eigenvalue weighted by Gasteiger charge is 2.50. The lowest BCUT2D eigenvalue weighted by Crippen LogP contribution is -2.44. The molecule has 1 saturated heterocycles. The van der Waals surface area contributed by atoms with Crippen LogP contribution in [0.1, 0.15) is 101 Å². The Morgan fingerprint density at radius 2 is 1.68 bits per heavy atom. The van der Waals surface area contributed by atoms with Crippen LogP contribution in [-0.4, -0.2) is 47.0 Å². The molecule has 47 heavy (non-hydrogen) atoms. The van der Waals surface area contributed by atoms with E-state index in [1.807, 2.05) is 24.8 Å². The number of allylic oxidation sites excluding steroid dienone is 1. The van der Waals surface area contributed by atoms with Crippen molar-refractivity contribution in [2.24, 2.45) is 11.3 Å². The first-order valence-electron chi connectivity index (χ1n) is 16.9. The fourth-order valence-corrected chi connectivity index (χ4v) is 7.08. The predicted octanol–water partition coefficient (Wildman–Crippen LogP) is 9.24. The molecule has 5 aliphatic rings. The number of fused-ring (bicyclic) bond motifs is 10. The van der Waals surface area contributed by atoms with Crippen molar-refractivity contribution in [2.45, 2.75) is 96.4 Å². The van der Waals surface area contributed by atoms with E-state index in [9.17, 15) is 14.0 Å². The number of piperidine rings is 1. The van der Waals surface area contributed by atoms with Crippen LogP contribution in [0.3, 0.4) is 0 Å². The lowest BCUT2D eigenvalue weighted by molar-refractivity contribution is -0.0992. The summed E-state index contributed by atoms with van der Waals surface area (Å²) in [5.74, 6) is -7.56. The molecule has 0 spiro atoms. The van der Waals surface area contributed by atoms with Crippen LogP contribution in [0.5, 0.6) is 0 Å². The van der Waals surface area contributed by atoms with Gasteiger partial charge in [0.05, 0.1) is 35.2 Å². The van der Waals surface area contributed by atoms with Crippen molar-refractivity contribution in [1.82, 2.24) is 14.9 Å². The molecule has 7 rings (SSSR count). The van der Waals surface area contributed by atoms with Gasteiger partial charge in [0, 0.05) is 30.1 Å². The third kappa shape index (κ3) is 7.03. The average molecular weight is 657 g/mol. The van der Waals surface area contributed by atoms with Gasteiger partial charge in [-0.05, 0) is 70.2 Å². The summed E-state index contributed by atoms with van der Waals surface area (Å²) in [4.78, 5) is 12.5. The van der Waals surface area contributed by atoms with Gasteiger partial charge in [-0.1, -0.05) is 51.5 Å². The third-order valence-corrected chi connectivity index (χ3v) is 9.96. The minimum atomic E-state index is -3.46. The summed E-state index contributed by atoms with van der Waals surface area (Å²) >= 11 is 0. The van der Waals surface area contributed by atoms with Gasteiger partial charge in [0.1, 0.15) is 23.8 Å². The van der Waals surface area contributed by atoms with E-state index in [2.05, 4.69) is 27.9 Å². The van der Waals surface area contributed by atoms with Crippen molar-refractivity contribution in [2.75, 3.05) is 36.4 Å². The molecule has 0 radical (unpaired) electrons. The topological polar surface area (TPSA) is 68.1 Å². The van der Waals surface area contributed by atoms with Crippen molar-refractivity contribution in [1.29, 1.82) is 5.26 Å². The minimum Gasteiger partial charge on any atom is -0.363 e. The maximum Gasteiger partial charge on any atom is 0.278 e. The van der Waals surface area contributed by atoms with Crippen LogP contribution in [0.2, 0.25) is 0 Å². The number of benzene rings is 1. The highest BCUT2D eigenvalue weighted by Crippen LogP contribution is 2.56. The second kappa shape index (κ2) is 13.9. The van der Waals surface area contributed by atoms with Crippen LogP contribution in [0.25, 0.3) is 6.08 Å². The predicted molar refractivity (Wildman–Crippen MR) is 175 cm³/mol. The molecule has 11 heteroatoms. The Bertz CT molecular complexity index is 1520. The van der Waals surface area contributed by atoms with Gasteiger partial charge in [-0.3, -0.25) is 4.90 Å². The molecule has 1 saturated carbocycles. The molecule has 1 N–H and O–H groups in total.